The minimum atomic E-state index is 0.0478. The van der Waals surface area contributed by atoms with Gasteiger partial charge in [-0.25, -0.2) is 15.0 Å². The van der Waals surface area contributed by atoms with Crippen LogP contribution in [0.25, 0.3) is 33.8 Å². The summed E-state index contributed by atoms with van der Waals surface area (Å²) < 4.78 is 17.0. The minimum Gasteiger partial charge on any atom is -0.496 e. The standard InChI is InChI=1S/C30H34ClN5O5/c1-39-25-15-19(7-8-20(25)16-32-11-13-37)27-29(40-2)28(35-18-34-27)23-6-4-5-22(26(23)31)24-10-9-21(17-33-12-14-38)30(36-24)41-3/h4-10,15,18,32-33,37-38H,11-14,16-17H2,1-3H3. The third-order valence-electron chi connectivity index (χ3n) is 6.44. The highest BCUT2D eigenvalue weighted by Crippen LogP contribution is 2.42. The number of rotatable bonds is 14. The van der Waals surface area contributed by atoms with E-state index in [9.17, 15) is 0 Å². The van der Waals surface area contributed by atoms with Gasteiger partial charge in [0.2, 0.25) is 5.88 Å². The number of halogens is 1. The summed E-state index contributed by atoms with van der Waals surface area (Å²) in [7, 11) is 4.76. The Bertz CT molecular complexity index is 1470. The summed E-state index contributed by atoms with van der Waals surface area (Å²) in [4.78, 5) is 13.8. The van der Waals surface area contributed by atoms with E-state index in [2.05, 4.69) is 20.6 Å². The third kappa shape index (κ3) is 6.92. The summed E-state index contributed by atoms with van der Waals surface area (Å²) in [6, 6.07) is 15.3. The lowest BCUT2D eigenvalue weighted by Crippen LogP contribution is -2.18. The van der Waals surface area contributed by atoms with Crippen LogP contribution in [0.3, 0.4) is 0 Å². The van der Waals surface area contributed by atoms with Crippen molar-refractivity contribution in [1.29, 1.82) is 0 Å². The molecule has 0 radical (unpaired) electrons. The zero-order valence-corrected chi connectivity index (χ0v) is 24.0. The highest BCUT2D eigenvalue weighted by Gasteiger charge is 2.21. The average Bonchev–Trinajstić information content (AvgIpc) is 3.01. The number of hydrogen-bond acceptors (Lipinski definition) is 10. The first-order chi connectivity index (χ1) is 20.1. The SMILES string of the molecule is COc1cc(-c2ncnc(-c3cccc(-c4ccc(CNCCO)c(OC)n4)c3Cl)c2OC)ccc1CNCCO. The molecule has 0 aliphatic rings. The largest absolute Gasteiger partial charge is 0.496 e. The molecule has 2 aromatic heterocycles. The molecule has 0 spiro atoms. The molecule has 0 saturated carbocycles. The lowest BCUT2D eigenvalue weighted by atomic mass is 10.0. The van der Waals surface area contributed by atoms with Gasteiger partial charge in [-0.15, -0.1) is 0 Å². The van der Waals surface area contributed by atoms with Crippen LogP contribution in [-0.2, 0) is 13.1 Å². The maximum Gasteiger partial charge on any atom is 0.218 e. The van der Waals surface area contributed by atoms with Crippen LogP contribution in [0, 0.1) is 0 Å². The van der Waals surface area contributed by atoms with Crippen LogP contribution in [0.4, 0.5) is 0 Å². The maximum atomic E-state index is 9.06. The van der Waals surface area contributed by atoms with Crippen molar-refractivity contribution in [1.82, 2.24) is 25.6 Å². The van der Waals surface area contributed by atoms with Crippen LogP contribution in [0.5, 0.6) is 17.4 Å². The molecule has 0 amide bonds. The van der Waals surface area contributed by atoms with Gasteiger partial charge in [0.1, 0.15) is 23.5 Å². The summed E-state index contributed by atoms with van der Waals surface area (Å²) >= 11 is 6.99. The van der Waals surface area contributed by atoms with E-state index in [1.165, 1.54) is 6.33 Å². The van der Waals surface area contributed by atoms with Crippen molar-refractivity contribution in [3.63, 3.8) is 0 Å². The predicted molar refractivity (Wildman–Crippen MR) is 158 cm³/mol. The molecule has 2 heterocycles. The fraction of sp³-hybridized carbons (Fsp3) is 0.300. The number of pyridine rings is 1. The van der Waals surface area contributed by atoms with E-state index in [1.807, 2.05) is 48.5 Å². The van der Waals surface area contributed by atoms with Gasteiger partial charge in [-0.3, -0.25) is 0 Å². The van der Waals surface area contributed by atoms with E-state index < -0.39 is 0 Å². The van der Waals surface area contributed by atoms with Crippen molar-refractivity contribution in [2.24, 2.45) is 0 Å². The fourth-order valence-electron chi connectivity index (χ4n) is 4.45. The molecule has 0 bridgehead atoms. The molecule has 4 N–H and O–H groups in total. The highest BCUT2D eigenvalue weighted by atomic mass is 35.5. The lowest BCUT2D eigenvalue weighted by molar-refractivity contribution is 0.291. The summed E-state index contributed by atoms with van der Waals surface area (Å²) in [5.74, 6) is 1.63. The maximum absolute atomic E-state index is 9.06. The van der Waals surface area contributed by atoms with Crippen molar-refractivity contribution >= 4 is 11.6 Å². The van der Waals surface area contributed by atoms with Crippen LogP contribution in [-0.4, -0.2) is 72.8 Å². The number of hydrogen-bond donors (Lipinski definition) is 4. The number of benzene rings is 2. The van der Waals surface area contributed by atoms with Crippen molar-refractivity contribution in [3.05, 3.63) is 71.0 Å². The summed E-state index contributed by atoms with van der Waals surface area (Å²) in [5, 5.41) is 24.9. The van der Waals surface area contributed by atoms with E-state index >= 15 is 0 Å². The molecule has 0 aliphatic heterocycles. The van der Waals surface area contributed by atoms with Gasteiger partial charge >= 0.3 is 0 Å². The molecule has 0 saturated heterocycles. The molecule has 0 atom stereocenters. The minimum absolute atomic E-state index is 0.0478. The molecule has 0 unspecified atom stereocenters. The molecule has 11 heteroatoms. The van der Waals surface area contributed by atoms with Crippen molar-refractivity contribution in [3.8, 4) is 51.2 Å². The summed E-state index contributed by atoms with van der Waals surface area (Å²) in [5.41, 5.74) is 5.74. The smallest absolute Gasteiger partial charge is 0.218 e. The van der Waals surface area contributed by atoms with Gasteiger partial charge in [0.15, 0.2) is 5.75 Å². The van der Waals surface area contributed by atoms with E-state index in [4.69, 9.17) is 41.0 Å². The molecule has 0 fully saturated rings. The third-order valence-corrected chi connectivity index (χ3v) is 6.85. The number of aromatic nitrogens is 3. The number of aliphatic hydroxyl groups excluding tert-OH is 2. The molecule has 10 nitrogen and oxygen atoms in total. The quantitative estimate of drug-likeness (QED) is 0.164. The van der Waals surface area contributed by atoms with Crippen molar-refractivity contribution in [2.45, 2.75) is 13.1 Å². The first-order valence-corrected chi connectivity index (χ1v) is 13.5. The molecule has 2 aromatic carbocycles. The van der Waals surface area contributed by atoms with Crippen LogP contribution in [0.15, 0.2) is 54.9 Å². The van der Waals surface area contributed by atoms with Crippen molar-refractivity contribution < 1.29 is 24.4 Å². The van der Waals surface area contributed by atoms with E-state index in [1.54, 1.807) is 21.3 Å². The van der Waals surface area contributed by atoms with E-state index in [-0.39, 0.29) is 13.2 Å². The summed E-state index contributed by atoms with van der Waals surface area (Å²) in [6.07, 6.45) is 1.48. The van der Waals surface area contributed by atoms with E-state index in [0.717, 1.165) is 16.7 Å². The Morgan fingerprint density at radius 2 is 1.46 bits per heavy atom. The Kier molecular flexibility index (Phi) is 10.8. The Labute approximate surface area is 244 Å². The Morgan fingerprint density at radius 3 is 2.15 bits per heavy atom. The normalized spacial score (nSPS) is 11.0. The van der Waals surface area contributed by atoms with Gasteiger partial charge in [-0.05, 0) is 12.1 Å². The Balaban J connectivity index is 1.73. The zero-order chi connectivity index (χ0) is 29.2. The van der Waals surface area contributed by atoms with E-state index in [0.29, 0.717) is 76.8 Å². The first-order valence-electron chi connectivity index (χ1n) is 13.1. The van der Waals surface area contributed by atoms with Gasteiger partial charge in [-0.2, -0.15) is 0 Å². The van der Waals surface area contributed by atoms with Crippen LogP contribution in [0.1, 0.15) is 11.1 Å². The van der Waals surface area contributed by atoms with Gasteiger partial charge in [0.05, 0.1) is 45.3 Å². The van der Waals surface area contributed by atoms with Gasteiger partial charge in [-0.1, -0.05) is 48.0 Å². The molecule has 41 heavy (non-hydrogen) atoms. The van der Waals surface area contributed by atoms with Crippen LogP contribution < -0.4 is 24.8 Å². The second-order valence-corrected chi connectivity index (χ2v) is 9.34. The fourth-order valence-corrected chi connectivity index (χ4v) is 4.76. The predicted octanol–water partition coefficient (Wildman–Crippen LogP) is 3.72. The zero-order valence-electron chi connectivity index (χ0n) is 23.3. The monoisotopic (exact) mass is 579 g/mol. The molecule has 4 aromatic rings. The number of nitrogens with one attached hydrogen (secondary N) is 2. The second kappa shape index (κ2) is 14.7. The summed E-state index contributed by atoms with van der Waals surface area (Å²) in [6.45, 7) is 2.13. The first kappa shape index (κ1) is 30.2. The van der Waals surface area contributed by atoms with Gasteiger partial charge in [0, 0.05) is 54.0 Å². The Hall–Kier alpha value is -3.80. The number of methoxy groups -OCH3 is 3. The molecular weight excluding hydrogens is 546 g/mol. The van der Waals surface area contributed by atoms with Crippen LogP contribution in [0.2, 0.25) is 5.02 Å². The molecule has 216 valence electrons. The Morgan fingerprint density at radius 1 is 0.780 bits per heavy atom. The molecule has 4 rings (SSSR count). The topological polar surface area (TPSA) is 131 Å². The second-order valence-electron chi connectivity index (χ2n) is 8.96. The highest BCUT2D eigenvalue weighted by molar-refractivity contribution is 6.36. The lowest BCUT2D eigenvalue weighted by Gasteiger charge is -2.16. The van der Waals surface area contributed by atoms with Crippen LogP contribution >= 0.6 is 11.6 Å². The number of ether oxygens (including phenoxy) is 3. The van der Waals surface area contributed by atoms with Gasteiger partial charge < -0.3 is 35.1 Å². The number of nitrogens with zero attached hydrogens (tertiary/aromatic N) is 3. The number of aliphatic hydroxyl groups is 2. The van der Waals surface area contributed by atoms with Gasteiger partial charge in [0.25, 0.3) is 0 Å². The van der Waals surface area contributed by atoms with Crippen molar-refractivity contribution in [2.75, 3.05) is 47.6 Å². The average molecular weight is 580 g/mol. The molecular formula is C30H34ClN5O5. The molecule has 0 aliphatic carbocycles.